The minimum absolute atomic E-state index is 0.00700. The molecule has 5 nitrogen and oxygen atoms in total. The number of halogens is 1. The van der Waals surface area contributed by atoms with Crippen LogP contribution in [0.5, 0.6) is 0 Å². The largest absolute Gasteiger partial charge is 0.478 e. The first-order valence-electron chi connectivity index (χ1n) is 6.99. The normalized spacial score (nSPS) is 14.1. The van der Waals surface area contributed by atoms with E-state index in [2.05, 4.69) is 5.32 Å². The molecule has 114 valence electrons. The molecule has 0 bridgehead atoms. The van der Waals surface area contributed by atoms with Gasteiger partial charge in [-0.25, -0.2) is 14.0 Å². The third-order valence-corrected chi connectivity index (χ3v) is 3.49. The van der Waals surface area contributed by atoms with E-state index < -0.39 is 17.8 Å². The van der Waals surface area contributed by atoms with Gasteiger partial charge >= 0.3 is 12.0 Å². The second-order valence-electron chi connectivity index (χ2n) is 5.61. The topological polar surface area (TPSA) is 69.6 Å². The molecule has 2 rings (SSSR count). The maximum absolute atomic E-state index is 13.3. The number of amides is 2. The van der Waals surface area contributed by atoms with Gasteiger partial charge in [0.1, 0.15) is 5.82 Å². The molecule has 0 aliphatic heterocycles. The minimum atomic E-state index is -1.21. The van der Waals surface area contributed by atoms with Crippen molar-refractivity contribution in [3.63, 3.8) is 0 Å². The van der Waals surface area contributed by atoms with Crippen LogP contribution >= 0.6 is 0 Å². The van der Waals surface area contributed by atoms with Crippen LogP contribution in [-0.2, 0) is 0 Å². The zero-order valence-corrected chi connectivity index (χ0v) is 12.1. The Labute approximate surface area is 122 Å². The number of carbonyl (C=O) groups is 2. The van der Waals surface area contributed by atoms with Crippen molar-refractivity contribution in [2.75, 3.05) is 11.9 Å². The molecule has 2 amide bonds. The molecule has 0 atom stereocenters. The first-order chi connectivity index (χ1) is 9.88. The maximum Gasteiger partial charge on any atom is 0.337 e. The Morgan fingerprint density at radius 3 is 2.62 bits per heavy atom. The lowest BCUT2D eigenvalue weighted by Gasteiger charge is -2.27. The number of anilines is 1. The van der Waals surface area contributed by atoms with Gasteiger partial charge in [0.15, 0.2) is 0 Å². The molecular weight excluding hydrogens is 275 g/mol. The number of aromatic carboxylic acids is 1. The molecule has 1 saturated carbocycles. The number of benzene rings is 1. The summed E-state index contributed by atoms with van der Waals surface area (Å²) >= 11 is 0. The molecule has 2 N–H and O–H groups in total. The van der Waals surface area contributed by atoms with Gasteiger partial charge in [0.25, 0.3) is 0 Å². The SMILES string of the molecule is CC(C)N(CC1CC1)C(=O)Nc1cc(F)ccc1C(=O)O. The summed E-state index contributed by atoms with van der Waals surface area (Å²) < 4.78 is 13.3. The van der Waals surface area contributed by atoms with Crippen molar-refractivity contribution in [2.45, 2.75) is 32.7 Å². The van der Waals surface area contributed by atoms with Gasteiger partial charge in [-0.3, -0.25) is 0 Å². The molecule has 0 unspecified atom stereocenters. The monoisotopic (exact) mass is 294 g/mol. The fraction of sp³-hybridized carbons (Fsp3) is 0.467. The summed E-state index contributed by atoms with van der Waals surface area (Å²) in [5.74, 6) is -1.28. The summed E-state index contributed by atoms with van der Waals surface area (Å²) in [6.07, 6.45) is 2.22. The van der Waals surface area contributed by atoms with E-state index in [0.29, 0.717) is 12.5 Å². The predicted octanol–water partition coefficient (Wildman–Crippen LogP) is 3.18. The van der Waals surface area contributed by atoms with E-state index in [1.54, 1.807) is 4.90 Å². The van der Waals surface area contributed by atoms with Crippen molar-refractivity contribution in [1.82, 2.24) is 4.90 Å². The molecule has 0 aromatic heterocycles. The van der Waals surface area contributed by atoms with Crippen LogP contribution in [-0.4, -0.2) is 34.6 Å². The van der Waals surface area contributed by atoms with Crippen LogP contribution in [0.25, 0.3) is 0 Å². The van der Waals surface area contributed by atoms with Crippen molar-refractivity contribution in [3.05, 3.63) is 29.6 Å². The number of hydrogen-bond acceptors (Lipinski definition) is 2. The Bertz CT molecular complexity index is 556. The average molecular weight is 294 g/mol. The van der Waals surface area contributed by atoms with Gasteiger partial charge in [0, 0.05) is 12.6 Å². The number of rotatable bonds is 5. The highest BCUT2D eigenvalue weighted by Crippen LogP contribution is 2.30. The molecule has 0 saturated heterocycles. The molecule has 6 heteroatoms. The standard InChI is InChI=1S/C15H19FN2O3/c1-9(2)18(8-10-3-4-10)15(21)17-13-7-11(16)5-6-12(13)14(19)20/h5-7,9-10H,3-4,8H2,1-2H3,(H,17,21)(H,19,20). The lowest BCUT2D eigenvalue weighted by atomic mass is 10.1. The van der Waals surface area contributed by atoms with Gasteiger partial charge in [0.2, 0.25) is 0 Å². The van der Waals surface area contributed by atoms with Crippen LogP contribution in [0.1, 0.15) is 37.0 Å². The van der Waals surface area contributed by atoms with Gasteiger partial charge in [-0.05, 0) is 50.8 Å². The summed E-state index contributed by atoms with van der Waals surface area (Å²) in [5, 5.41) is 11.6. The summed E-state index contributed by atoms with van der Waals surface area (Å²) in [4.78, 5) is 25.1. The Balaban J connectivity index is 2.17. The number of nitrogens with zero attached hydrogens (tertiary/aromatic N) is 1. The number of carboxylic acids is 1. The van der Waals surface area contributed by atoms with Crippen molar-refractivity contribution < 1.29 is 19.1 Å². The van der Waals surface area contributed by atoms with E-state index >= 15 is 0 Å². The zero-order chi connectivity index (χ0) is 15.6. The summed E-state index contributed by atoms with van der Waals surface area (Å²) in [6, 6.07) is 2.83. The fourth-order valence-corrected chi connectivity index (χ4v) is 2.10. The van der Waals surface area contributed by atoms with Gasteiger partial charge in [0.05, 0.1) is 11.3 Å². The lowest BCUT2D eigenvalue weighted by Crippen LogP contribution is -2.41. The molecule has 1 aliphatic rings. The third kappa shape index (κ3) is 3.93. The van der Waals surface area contributed by atoms with E-state index in [-0.39, 0.29) is 17.3 Å². The highest BCUT2D eigenvalue weighted by atomic mass is 19.1. The molecule has 1 aromatic carbocycles. The molecule has 1 fully saturated rings. The van der Waals surface area contributed by atoms with Crippen LogP contribution in [0.2, 0.25) is 0 Å². The van der Waals surface area contributed by atoms with Gasteiger partial charge in [-0.2, -0.15) is 0 Å². The summed E-state index contributed by atoms with van der Waals surface area (Å²) in [5.41, 5.74) is -0.145. The van der Waals surface area contributed by atoms with Crippen LogP contribution in [0, 0.1) is 11.7 Å². The van der Waals surface area contributed by atoms with E-state index in [4.69, 9.17) is 5.11 Å². The first-order valence-corrected chi connectivity index (χ1v) is 6.99. The number of urea groups is 1. The fourth-order valence-electron chi connectivity index (χ4n) is 2.10. The van der Waals surface area contributed by atoms with Crippen molar-refractivity contribution in [3.8, 4) is 0 Å². The van der Waals surface area contributed by atoms with Crippen molar-refractivity contribution >= 4 is 17.7 Å². The van der Waals surface area contributed by atoms with E-state index in [1.807, 2.05) is 13.8 Å². The van der Waals surface area contributed by atoms with Crippen LogP contribution in [0.15, 0.2) is 18.2 Å². The molecule has 0 radical (unpaired) electrons. The molecule has 0 heterocycles. The second kappa shape index (κ2) is 6.11. The zero-order valence-electron chi connectivity index (χ0n) is 12.1. The van der Waals surface area contributed by atoms with Gasteiger partial charge in [-0.15, -0.1) is 0 Å². The second-order valence-corrected chi connectivity index (χ2v) is 5.61. The first kappa shape index (κ1) is 15.3. The number of nitrogens with one attached hydrogen (secondary N) is 1. The lowest BCUT2D eigenvalue weighted by molar-refractivity contribution is 0.0698. The predicted molar refractivity (Wildman–Crippen MR) is 76.9 cm³/mol. The smallest absolute Gasteiger partial charge is 0.337 e. The highest BCUT2D eigenvalue weighted by Gasteiger charge is 2.28. The highest BCUT2D eigenvalue weighted by molar-refractivity contribution is 6.00. The Morgan fingerprint density at radius 1 is 1.43 bits per heavy atom. The molecule has 0 spiro atoms. The van der Waals surface area contributed by atoms with Crippen LogP contribution < -0.4 is 5.32 Å². The summed E-state index contributed by atoms with van der Waals surface area (Å²) in [6.45, 7) is 4.43. The molecule has 1 aliphatic carbocycles. The maximum atomic E-state index is 13.3. The van der Waals surface area contributed by atoms with Crippen molar-refractivity contribution in [2.24, 2.45) is 5.92 Å². The van der Waals surface area contributed by atoms with E-state index in [0.717, 1.165) is 31.0 Å². The van der Waals surface area contributed by atoms with E-state index in [1.165, 1.54) is 0 Å². The average Bonchev–Trinajstić information content (AvgIpc) is 3.18. The van der Waals surface area contributed by atoms with Crippen LogP contribution in [0.3, 0.4) is 0 Å². The Morgan fingerprint density at radius 2 is 2.10 bits per heavy atom. The van der Waals surface area contributed by atoms with Crippen molar-refractivity contribution in [1.29, 1.82) is 0 Å². The molecular formula is C15H19FN2O3. The number of hydrogen-bond donors (Lipinski definition) is 2. The number of carboxylic acid groups (broad SMARTS) is 1. The minimum Gasteiger partial charge on any atom is -0.478 e. The third-order valence-electron chi connectivity index (χ3n) is 3.49. The molecule has 21 heavy (non-hydrogen) atoms. The summed E-state index contributed by atoms with van der Waals surface area (Å²) in [7, 11) is 0. The molecule has 1 aromatic rings. The van der Waals surface area contributed by atoms with Crippen LogP contribution in [0.4, 0.5) is 14.9 Å². The Hall–Kier alpha value is -2.11. The quantitative estimate of drug-likeness (QED) is 0.876. The van der Waals surface area contributed by atoms with Gasteiger partial charge < -0.3 is 15.3 Å². The Kier molecular flexibility index (Phi) is 4.45. The van der Waals surface area contributed by atoms with Gasteiger partial charge in [-0.1, -0.05) is 0 Å². The number of carbonyl (C=O) groups excluding carboxylic acids is 1. The van der Waals surface area contributed by atoms with E-state index in [9.17, 15) is 14.0 Å².